The van der Waals surface area contributed by atoms with Crippen LogP contribution in [0.1, 0.15) is 23.2 Å². The zero-order chi connectivity index (χ0) is 13.4. The SMILES string of the molecule is O=C1COc2cc(C(=O)C3CCCN3)c(Cl)cc2N1. The first-order valence-corrected chi connectivity index (χ1v) is 6.57. The lowest BCUT2D eigenvalue weighted by Crippen LogP contribution is -2.31. The number of carbonyl (C=O) groups excluding carboxylic acids is 2. The Kier molecular flexibility index (Phi) is 3.16. The summed E-state index contributed by atoms with van der Waals surface area (Å²) in [5.41, 5.74) is 0.952. The van der Waals surface area contributed by atoms with Gasteiger partial charge in [-0.2, -0.15) is 0 Å². The summed E-state index contributed by atoms with van der Waals surface area (Å²) < 4.78 is 5.30. The van der Waals surface area contributed by atoms with Crippen molar-refractivity contribution >= 4 is 29.0 Å². The third kappa shape index (κ3) is 2.31. The maximum Gasteiger partial charge on any atom is 0.262 e. The second-order valence-electron chi connectivity index (χ2n) is 4.68. The van der Waals surface area contributed by atoms with Gasteiger partial charge in [0.25, 0.3) is 5.91 Å². The van der Waals surface area contributed by atoms with Gasteiger partial charge < -0.3 is 15.4 Å². The topological polar surface area (TPSA) is 67.4 Å². The van der Waals surface area contributed by atoms with Crippen LogP contribution in [0.4, 0.5) is 5.69 Å². The van der Waals surface area contributed by atoms with Crippen molar-refractivity contribution < 1.29 is 14.3 Å². The number of hydrogen-bond acceptors (Lipinski definition) is 4. The number of ether oxygens (including phenoxy) is 1. The molecule has 1 amide bonds. The molecule has 0 saturated carbocycles. The van der Waals surface area contributed by atoms with Gasteiger partial charge in [-0.25, -0.2) is 0 Å². The van der Waals surface area contributed by atoms with E-state index in [4.69, 9.17) is 16.3 Å². The number of fused-ring (bicyclic) bond motifs is 1. The Hall–Kier alpha value is -1.59. The molecular formula is C13H13ClN2O3. The normalized spacial score (nSPS) is 21.5. The van der Waals surface area contributed by atoms with Crippen LogP contribution < -0.4 is 15.4 Å². The van der Waals surface area contributed by atoms with Crippen LogP contribution in [-0.4, -0.2) is 30.9 Å². The summed E-state index contributed by atoms with van der Waals surface area (Å²) in [4.78, 5) is 23.5. The summed E-state index contributed by atoms with van der Waals surface area (Å²) in [6.45, 7) is 0.815. The average molecular weight is 281 g/mol. The number of hydrogen-bond donors (Lipinski definition) is 2. The molecule has 2 aliphatic rings. The van der Waals surface area contributed by atoms with Crippen LogP contribution in [0.15, 0.2) is 12.1 Å². The fourth-order valence-corrected chi connectivity index (χ4v) is 2.64. The molecule has 0 spiro atoms. The summed E-state index contributed by atoms with van der Waals surface area (Å²) in [5.74, 6) is 0.247. The van der Waals surface area contributed by atoms with Crippen molar-refractivity contribution in [2.24, 2.45) is 0 Å². The molecule has 2 heterocycles. The van der Waals surface area contributed by atoms with Gasteiger partial charge >= 0.3 is 0 Å². The minimum atomic E-state index is -0.222. The molecule has 1 aromatic rings. The number of ketones is 1. The van der Waals surface area contributed by atoms with E-state index in [2.05, 4.69) is 10.6 Å². The molecule has 6 heteroatoms. The molecule has 1 atom stereocenters. The molecule has 0 bridgehead atoms. The monoisotopic (exact) mass is 280 g/mol. The molecule has 1 aromatic carbocycles. The lowest BCUT2D eigenvalue weighted by Gasteiger charge is -2.20. The van der Waals surface area contributed by atoms with Gasteiger partial charge in [-0.15, -0.1) is 0 Å². The second kappa shape index (κ2) is 4.83. The lowest BCUT2D eigenvalue weighted by atomic mass is 10.0. The minimum absolute atomic E-state index is 0.0224. The van der Waals surface area contributed by atoms with Crippen LogP contribution in [-0.2, 0) is 4.79 Å². The van der Waals surface area contributed by atoms with Gasteiger partial charge in [0.15, 0.2) is 12.4 Å². The number of halogens is 1. The molecule has 0 aliphatic carbocycles. The molecule has 1 fully saturated rings. The number of Topliss-reactive ketones (excluding diaryl/α,β-unsaturated/α-hetero) is 1. The van der Waals surface area contributed by atoms with E-state index in [1.165, 1.54) is 0 Å². The van der Waals surface area contributed by atoms with Crippen LogP contribution >= 0.6 is 11.6 Å². The molecular weight excluding hydrogens is 268 g/mol. The van der Waals surface area contributed by atoms with Crippen LogP contribution in [0.5, 0.6) is 5.75 Å². The molecule has 1 saturated heterocycles. The molecule has 100 valence electrons. The zero-order valence-electron chi connectivity index (χ0n) is 10.2. The zero-order valence-corrected chi connectivity index (χ0v) is 10.9. The number of benzene rings is 1. The Morgan fingerprint density at radius 3 is 3.00 bits per heavy atom. The summed E-state index contributed by atoms with van der Waals surface area (Å²) in [6.07, 6.45) is 1.81. The minimum Gasteiger partial charge on any atom is -0.482 e. The predicted octanol–water partition coefficient (Wildman–Crippen LogP) is 1.61. The lowest BCUT2D eigenvalue weighted by molar-refractivity contribution is -0.118. The first-order valence-electron chi connectivity index (χ1n) is 6.19. The number of nitrogens with one attached hydrogen (secondary N) is 2. The van der Waals surface area contributed by atoms with Crippen molar-refractivity contribution in [3.8, 4) is 5.75 Å². The molecule has 5 nitrogen and oxygen atoms in total. The van der Waals surface area contributed by atoms with E-state index in [1.807, 2.05) is 0 Å². The van der Waals surface area contributed by atoms with Crippen LogP contribution in [0.2, 0.25) is 5.02 Å². The average Bonchev–Trinajstić information content (AvgIpc) is 2.91. The van der Waals surface area contributed by atoms with Crippen molar-refractivity contribution in [3.63, 3.8) is 0 Å². The number of amides is 1. The molecule has 1 unspecified atom stereocenters. The van der Waals surface area contributed by atoms with E-state index in [0.29, 0.717) is 22.0 Å². The van der Waals surface area contributed by atoms with Crippen molar-refractivity contribution in [2.45, 2.75) is 18.9 Å². The number of carbonyl (C=O) groups is 2. The first-order chi connectivity index (χ1) is 9.15. The van der Waals surface area contributed by atoms with Gasteiger partial charge in [0.2, 0.25) is 0 Å². The molecule has 0 radical (unpaired) electrons. The van der Waals surface area contributed by atoms with Gasteiger partial charge in [0, 0.05) is 5.56 Å². The van der Waals surface area contributed by atoms with Gasteiger partial charge in [0.1, 0.15) is 5.75 Å². The highest BCUT2D eigenvalue weighted by molar-refractivity contribution is 6.34. The van der Waals surface area contributed by atoms with E-state index in [1.54, 1.807) is 12.1 Å². The highest BCUT2D eigenvalue weighted by atomic mass is 35.5. The molecule has 0 aromatic heterocycles. The molecule has 19 heavy (non-hydrogen) atoms. The Balaban J connectivity index is 1.94. The maximum atomic E-state index is 12.3. The summed E-state index contributed by atoms with van der Waals surface area (Å²) >= 11 is 6.13. The Labute approximate surface area is 115 Å². The highest BCUT2D eigenvalue weighted by Gasteiger charge is 2.27. The van der Waals surface area contributed by atoms with Gasteiger partial charge in [-0.1, -0.05) is 11.6 Å². The van der Waals surface area contributed by atoms with E-state index in [0.717, 1.165) is 19.4 Å². The highest BCUT2D eigenvalue weighted by Crippen LogP contribution is 2.34. The quantitative estimate of drug-likeness (QED) is 0.808. The van der Waals surface area contributed by atoms with Crippen LogP contribution in [0.3, 0.4) is 0 Å². The number of rotatable bonds is 2. The fourth-order valence-electron chi connectivity index (χ4n) is 2.38. The maximum absolute atomic E-state index is 12.3. The Morgan fingerprint density at radius 2 is 2.26 bits per heavy atom. The summed E-state index contributed by atoms with van der Waals surface area (Å²) in [6, 6.07) is 3.00. The van der Waals surface area contributed by atoms with Crippen LogP contribution in [0, 0.1) is 0 Å². The standard InChI is InChI=1S/C13H13ClN2O3/c14-8-5-10-11(19-6-12(17)16-10)4-7(8)13(18)9-2-1-3-15-9/h4-5,9,15H,1-3,6H2,(H,16,17). The molecule has 3 rings (SSSR count). The van der Waals surface area contributed by atoms with Crippen LogP contribution in [0.25, 0.3) is 0 Å². The first kappa shape index (κ1) is 12.4. The van der Waals surface area contributed by atoms with Crippen molar-refractivity contribution in [2.75, 3.05) is 18.5 Å². The summed E-state index contributed by atoms with van der Waals surface area (Å²) in [5, 5.41) is 6.15. The predicted molar refractivity (Wildman–Crippen MR) is 70.9 cm³/mol. The largest absolute Gasteiger partial charge is 0.482 e. The van der Waals surface area contributed by atoms with Gasteiger partial charge in [-0.05, 0) is 31.5 Å². The number of anilines is 1. The van der Waals surface area contributed by atoms with Crippen molar-refractivity contribution in [1.82, 2.24) is 5.32 Å². The third-order valence-corrected chi connectivity index (χ3v) is 3.66. The fraction of sp³-hybridized carbons (Fsp3) is 0.385. The van der Waals surface area contributed by atoms with E-state index >= 15 is 0 Å². The molecule has 2 N–H and O–H groups in total. The van der Waals surface area contributed by atoms with Crippen molar-refractivity contribution in [1.29, 1.82) is 0 Å². The molecule has 2 aliphatic heterocycles. The van der Waals surface area contributed by atoms with E-state index < -0.39 is 0 Å². The smallest absolute Gasteiger partial charge is 0.262 e. The van der Waals surface area contributed by atoms with Gasteiger partial charge in [-0.3, -0.25) is 9.59 Å². The van der Waals surface area contributed by atoms with E-state index in [-0.39, 0.29) is 24.3 Å². The van der Waals surface area contributed by atoms with Gasteiger partial charge in [0.05, 0.1) is 16.8 Å². The summed E-state index contributed by atoms with van der Waals surface area (Å²) in [7, 11) is 0. The Morgan fingerprint density at radius 1 is 1.42 bits per heavy atom. The van der Waals surface area contributed by atoms with E-state index in [9.17, 15) is 9.59 Å². The second-order valence-corrected chi connectivity index (χ2v) is 5.09. The Bertz CT molecular complexity index is 553. The third-order valence-electron chi connectivity index (χ3n) is 3.34. The van der Waals surface area contributed by atoms with Crippen molar-refractivity contribution in [3.05, 3.63) is 22.7 Å².